The zero-order chi connectivity index (χ0) is 48.0. The first-order valence-corrected chi connectivity index (χ1v) is 22.2. The second-order valence-electron chi connectivity index (χ2n) is 17.1. The number of hydrogen-bond acceptors (Lipinski definition) is 13. The summed E-state index contributed by atoms with van der Waals surface area (Å²) in [5.41, 5.74) is -0.710. The summed E-state index contributed by atoms with van der Waals surface area (Å²) in [4.78, 5) is 74.1. The van der Waals surface area contributed by atoms with Crippen molar-refractivity contribution >= 4 is 36.7 Å². The smallest absolute Gasteiger partial charge is 0.333 e. The van der Waals surface area contributed by atoms with Gasteiger partial charge in [-0.2, -0.15) is 0 Å². The number of hydrogen-bond donors (Lipinski definition) is 1. The summed E-state index contributed by atoms with van der Waals surface area (Å²) in [5.74, 6) is -1.00. The number of carbonyl (C=O) groups is 5. The lowest BCUT2D eigenvalue weighted by Crippen LogP contribution is -2.51. The van der Waals surface area contributed by atoms with E-state index in [1.807, 2.05) is 20.8 Å². The molecule has 1 N–H and O–H groups in total. The van der Waals surface area contributed by atoms with E-state index in [2.05, 4.69) is 33.0 Å². The zero-order valence-electron chi connectivity index (χ0n) is 40.1. The molecule has 1 heterocycles. The Kier molecular flexibility index (Phi) is 44.2. The van der Waals surface area contributed by atoms with Crippen molar-refractivity contribution in [3.63, 3.8) is 0 Å². The number of ether oxygens (including phenoxy) is 3. The van der Waals surface area contributed by atoms with Gasteiger partial charge in [0.15, 0.2) is 0 Å². The number of Topliss-reactive ketones (excluding diaryl/α,β-unsaturated/α-hetero) is 1. The number of carbonyl (C=O) groups excluding carboxylic acids is 5. The fourth-order valence-corrected chi connectivity index (χ4v) is 4.32. The van der Waals surface area contributed by atoms with E-state index in [0.717, 1.165) is 5.57 Å². The molecule has 374 valence electrons. The lowest BCUT2D eigenvalue weighted by Gasteiger charge is -2.37. The number of allylic oxidation sites excluding steroid dienone is 1. The SMILES string of the molecule is C.C.C.C.CC(C)=O.CC(C)[N+](=O)[O-].CC1C(=O)NC(C)(C)C1(C)C.CCOC(=O)C(C)=C(C)C.CCOC(=O)C(C)C(C)(C)C(C)(C)[N+](=O)[O-].CCOC(=O)C(C)P(C)(C)=O. The highest BCUT2D eigenvalue weighted by Gasteiger charge is 2.53. The highest BCUT2D eigenvalue weighted by molar-refractivity contribution is 7.64. The Balaban J connectivity index is -0.0000000796. The summed E-state index contributed by atoms with van der Waals surface area (Å²) in [6.07, 6.45) is 0. The molecule has 0 saturated carbocycles. The van der Waals surface area contributed by atoms with Gasteiger partial charge in [-0.05, 0) is 94.9 Å². The monoisotopic (exact) mass is 918 g/mol. The average Bonchev–Trinajstić information content (AvgIpc) is 3.20. The topological polar surface area (TPSA) is 228 Å². The van der Waals surface area contributed by atoms with E-state index in [-0.39, 0.29) is 92.6 Å². The molecule has 0 aromatic carbocycles. The highest BCUT2D eigenvalue weighted by atomic mass is 31.2. The van der Waals surface area contributed by atoms with Gasteiger partial charge in [0.25, 0.3) is 0 Å². The first-order valence-electron chi connectivity index (χ1n) is 19.5. The molecule has 1 aliphatic rings. The van der Waals surface area contributed by atoms with Gasteiger partial charge >= 0.3 is 17.9 Å². The number of nitrogens with zero attached hydrogens (tertiary/aromatic N) is 2. The molecule has 17 heteroatoms. The van der Waals surface area contributed by atoms with Crippen LogP contribution in [0.2, 0.25) is 0 Å². The summed E-state index contributed by atoms with van der Waals surface area (Å²) >= 11 is 0. The fourth-order valence-electron chi connectivity index (χ4n) is 3.73. The van der Waals surface area contributed by atoms with E-state index in [1.165, 1.54) is 27.7 Å². The number of rotatable bonds is 11. The highest BCUT2D eigenvalue weighted by Crippen LogP contribution is 2.44. The second-order valence-corrected chi connectivity index (χ2v) is 20.7. The van der Waals surface area contributed by atoms with Crippen molar-refractivity contribution in [2.75, 3.05) is 33.2 Å². The van der Waals surface area contributed by atoms with Gasteiger partial charge in [0, 0.05) is 60.0 Å². The summed E-state index contributed by atoms with van der Waals surface area (Å²) in [6.45, 7) is 41.5. The Bertz CT molecular complexity index is 1420. The van der Waals surface area contributed by atoms with Crippen LogP contribution in [0.15, 0.2) is 11.1 Å². The summed E-state index contributed by atoms with van der Waals surface area (Å²) in [6, 6.07) is -0.426. The van der Waals surface area contributed by atoms with Crippen molar-refractivity contribution in [3.8, 4) is 0 Å². The third-order valence-electron chi connectivity index (χ3n) is 10.6. The van der Waals surface area contributed by atoms with Crippen LogP contribution in [0, 0.1) is 42.9 Å². The Hall–Kier alpha value is -3.68. The van der Waals surface area contributed by atoms with Gasteiger partial charge in [-0.25, -0.2) is 4.79 Å². The van der Waals surface area contributed by atoms with Crippen molar-refractivity contribution in [1.82, 2.24) is 5.32 Å². The molecule has 3 atom stereocenters. The molecule has 0 aromatic heterocycles. The fraction of sp³-hybridized carbons (Fsp3) is 0.844. The molecular formula is C45H96N3O13P. The van der Waals surface area contributed by atoms with E-state index in [4.69, 9.17) is 14.2 Å². The molecule has 1 fully saturated rings. The lowest BCUT2D eigenvalue weighted by atomic mass is 9.67. The van der Waals surface area contributed by atoms with Crippen LogP contribution in [0.4, 0.5) is 0 Å². The van der Waals surface area contributed by atoms with Crippen LogP contribution in [-0.4, -0.2) is 95.4 Å². The molecule has 0 aliphatic carbocycles. The second kappa shape index (κ2) is 34.8. The van der Waals surface area contributed by atoms with Crippen LogP contribution in [0.1, 0.15) is 175 Å². The van der Waals surface area contributed by atoms with Crippen molar-refractivity contribution in [2.45, 2.75) is 198 Å². The van der Waals surface area contributed by atoms with Gasteiger partial charge in [0.1, 0.15) is 11.4 Å². The van der Waals surface area contributed by atoms with E-state index in [9.17, 15) is 48.8 Å². The van der Waals surface area contributed by atoms with Crippen molar-refractivity contribution in [3.05, 3.63) is 31.4 Å². The average molecular weight is 918 g/mol. The third-order valence-corrected chi connectivity index (χ3v) is 12.7. The van der Waals surface area contributed by atoms with Gasteiger partial charge in [-0.15, -0.1) is 0 Å². The van der Waals surface area contributed by atoms with E-state index >= 15 is 0 Å². The molecule has 0 radical (unpaired) electrons. The molecular weight excluding hydrogens is 821 g/mol. The number of esters is 3. The molecule has 1 aliphatic heterocycles. The Morgan fingerprint density at radius 1 is 0.758 bits per heavy atom. The van der Waals surface area contributed by atoms with Gasteiger partial charge in [0.05, 0.1) is 32.9 Å². The minimum absolute atomic E-state index is 0. The Morgan fingerprint density at radius 3 is 1.27 bits per heavy atom. The predicted molar refractivity (Wildman–Crippen MR) is 257 cm³/mol. The normalized spacial score (nSPS) is 14.9. The standard InChI is InChI=1S/C11H21NO4.C9H17NO.C8H14O2.C7H15O3P.C3H7NO2.C3H6O.4CH4/c1-7-16-9(13)8(2)10(3,4)11(5,6)12(14)15;1-6-7(11)10-9(4,5)8(6,2)3;1-5-10-8(9)7(4)6(2)3;1-5-10-7(8)6(2)11(3,4)9;1-3(2)4(5)6;1-3(2)4;;;;/h8H,7H2,1-6H3;6H,1-5H3,(H,10,11);5H2,1-4H3;6H,5H2,1-4H3;3H,1-2H3;1-2H3;4*1H4. The van der Waals surface area contributed by atoms with Gasteiger partial charge < -0.3 is 28.9 Å². The minimum atomic E-state index is -2.32. The molecule has 1 rings (SSSR count). The first kappa shape index (κ1) is 78.8. The number of ketones is 1. The minimum Gasteiger partial charge on any atom is -0.466 e. The number of nitro groups is 2. The van der Waals surface area contributed by atoms with Crippen LogP contribution in [0.25, 0.3) is 0 Å². The maximum atomic E-state index is 11.6. The Morgan fingerprint density at radius 2 is 1.08 bits per heavy atom. The molecule has 0 spiro atoms. The summed E-state index contributed by atoms with van der Waals surface area (Å²) < 4.78 is 25.7. The molecule has 0 bridgehead atoms. The van der Waals surface area contributed by atoms with Crippen LogP contribution >= 0.6 is 7.14 Å². The lowest BCUT2D eigenvalue weighted by molar-refractivity contribution is -0.582. The van der Waals surface area contributed by atoms with Gasteiger partial charge in [-0.1, -0.05) is 76.8 Å². The van der Waals surface area contributed by atoms with Crippen molar-refractivity contribution < 1.29 is 52.6 Å². The molecule has 0 aromatic rings. The van der Waals surface area contributed by atoms with Crippen molar-refractivity contribution in [1.29, 1.82) is 0 Å². The van der Waals surface area contributed by atoms with E-state index < -0.39 is 35.7 Å². The van der Waals surface area contributed by atoms with E-state index in [0.29, 0.717) is 18.8 Å². The van der Waals surface area contributed by atoms with Gasteiger partial charge in [-0.3, -0.25) is 34.6 Å². The molecule has 1 saturated heterocycles. The maximum absolute atomic E-state index is 11.6. The molecule has 3 unspecified atom stereocenters. The Labute approximate surface area is 378 Å². The van der Waals surface area contributed by atoms with Gasteiger partial charge in [0.2, 0.25) is 17.5 Å². The van der Waals surface area contributed by atoms with Crippen LogP contribution < -0.4 is 5.32 Å². The quantitative estimate of drug-likeness (QED) is 0.0508. The maximum Gasteiger partial charge on any atom is 0.333 e. The summed E-state index contributed by atoms with van der Waals surface area (Å²) in [7, 11) is -2.32. The molecule has 16 nitrogen and oxygen atoms in total. The van der Waals surface area contributed by atoms with Crippen LogP contribution in [0.3, 0.4) is 0 Å². The van der Waals surface area contributed by atoms with Crippen LogP contribution in [0.5, 0.6) is 0 Å². The molecule has 62 heavy (non-hydrogen) atoms. The predicted octanol–water partition coefficient (Wildman–Crippen LogP) is 11.1. The summed E-state index contributed by atoms with van der Waals surface area (Å²) in [5, 5.41) is 23.5. The first-order chi connectivity index (χ1) is 25.7. The zero-order valence-corrected chi connectivity index (χ0v) is 41.0. The van der Waals surface area contributed by atoms with E-state index in [1.54, 1.807) is 82.6 Å². The van der Waals surface area contributed by atoms with Crippen LogP contribution in [-0.2, 0) is 42.7 Å². The number of amides is 1. The third kappa shape index (κ3) is 29.6. The molecule has 1 amide bonds. The largest absolute Gasteiger partial charge is 0.466 e. The van der Waals surface area contributed by atoms with Crippen molar-refractivity contribution in [2.24, 2.45) is 22.7 Å². The number of nitrogens with one attached hydrogen (secondary N) is 1.